The Labute approximate surface area is 114 Å². The first-order chi connectivity index (χ1) is 9.61. The van der Waals surface area contributed by atoms with Gasteiger partial charge in [-0.05, 0) is 12.1 Å². The first kappa shape index (κ1) is 13.5. The van der Waals surface area contributed by atoms with E-state index in [1.807, 2.05) is 6.07 Å². The SMILES string of the molecule is COc1ncccc1CNc1ccc([N+](=O)[O-])c(N)n1. The Morgan fingerprint density at radius 3 is 2.90 bits per heavy atom. The van der Waals surface area contributed by atoms with Gasteiger partial charge in [-0.2, -0.15) is 0 Å². The number of nitrogens with one attached hydrogen (secondary N) is 1. The number of nitrogens with two attached hydrogens (primary N) is 1. The molecule has 104 valence electrons. The molecule has 0 radical (unpaired) electrons. The maximum atomic E-state index is 10.6. The molecule has 2 aromatic heterocycles. The maximum absolute atomic E-state index is 10.6. The number of aromatic nitrogens is 2. The number of rotatable bonds is 5. The Morgan fingerprint density at radius 1 is 1.45 bits per heavy atom. The van der Waals surface area contributed by atoms with Crippen molar-refractivity contribution in [3.05, 3.63) is 46.1 Å². The number of anilines is 2. The van der Waals surface area contributed by atoms with Crippen LogP contribution in [-0.2, 0) is 6.54 Å². The number of nitro groups is 1. The van der Waals surface area contributed by atoms with Gasteiger partial charge in [-0.25, -0.2) is 9.97 Å². The van der Waals surface area contributed by atoms with Crippen molar-refractivity contribution in [1.82, 2.24) is 9.97 Å². The van der Waals surface area contributed by atoms with Gasteiger partial charge in [0.2, 0.25) is 11.7 Å². The summed E-state index contributed by atoms with van der Waals surface area (Å²) in [4.78, 5) is 18.1. The Morgan fingerprint density at radius 2 is 2.25 bits per heavy atom. The van der Waals surface area contributed by atoms with Crippen molar-refractivity contribution in [2.45, 2.75) is 6.54 Å². The van der Waals surface area contributed by atoms with Crippen LogP contribution in [-0.4, -0.2) is 22.0 Å². The highest BCUT2D eigenvalue weighted by atomic mass is 16.6. The van der Waals surface area contributed by atoms with E-state index in [4.69, 9.17) is 10.5 Å². The average Bonchev–Trinajstić information content (AvgIpc) is 2.45. The van der Waals surface area contributed by atoms with Crippen LogP contribution in [0.1, 0.15) is 5.56 Å². The highest BCUT2D eigenvalue weighted by Gasteiger charge is 2.13. The third kappa shape index (κ3) is 2.91. The zero-order valence-corrected chi connectivity index (χ0v) is 10.7. The van der Waals surface area contributed by atoms with E-state index in [-0.39, 0.29) is 11.5 Å². The number of nitrogens with zero attached hydrogens (tertiary/aromatic N) is 3. The van der Waals surface area contributed by atoms with E-state index in [2.05, 4.69) is 15.3 Å². The second-order valence-electron chi connectivity index (χ2n) is 3.88. The molecule has 0 aliphatic rings. The highest BCUT2D eigenvalue weighted by Crippen LogP contribution is 2.21. The summed E-state index contributed by atoms with van der Waals surface area (Å²) >= 11 is 0. The first-order valence-electron chi connectivity index (χ1n) is 5.74. The zero-order valence-electron chi connectivity index (χ0n) is 10.7. The fourth-order valence-electron chi connectivity index (χ4n) is 1.65. The molecule has 0 amide bonds. The van der Waals surface area contributed by atoms with Crippen LogP contribution in [0.25, 0.3) is 0 Å². The smallest absolute Gasteiger partial charge is 0.311 e. The first-order valence-corrected chi connectivity index (χ1v) is 5.74. The predicted octanol–water partition coefficient (Wildman–Crippen LogP) is 1.59. The second-order valence-corrected chi connectivity index (χ2v) is 3.88. The molecular weight excluding hydrogens is 262 g/mol. The van der Waals surface area contributed by atoms with Crippen molar-refractivity contribution in [3.8, 4) is 5.88 Å². The predicted molar refractivity (Wildman–Crippen MR) is 73.4 cm³/mol. The largest absolute Gasteiger partial charge is 0.481 e. The van der Waals surface area contributed by atoms with E-state index in [9.17, 15) is 10.1 Å². The fourth-order valence-corrected chi connectivity index (χ4v) is 1.65. The van der Waals surface area contributed by atoms with Crippen molar-refractivity contribution in [1.29, 1.82) is 0 Å². The van der Waals surface area contributed by atoms with Crippen LogP contribution >= 0.6 is 0 Å². The third-order valence-corrected chi connectivity index (χ3v) is 2.60. The van der Waals surface area contributed by atoms with Crippen LogP contribution in [0.3, 0.4) is 0 Å². The molecule has 2 aromatic rings. The van der Waals surface area contributed by atoms with Gasteiger partial charge in [0.25, 0.3) is 0 Å². The van der Waals surface area contributed by atoms with Gasteiger partial charge in [-0.15, -0.1) is 0 Å². The molecule has 0 fully saturated rings. The molecular formula is C12H13N5O3. The molecule has 0 aliphatic heterocycles. The molecule has 0 aromatic carbocycles. The lowest BCUT2D eigenvalue weighted by molar-refractivity contribution is -0.384. The summed E-state index contributed by atoms with van der Waals surface area (Å²) in [5.41, 5.74) is 6.15. The summed E-state index contributed by atoms with van der Waals surface area (Å²) in [6, 6.07) is 6.45. The Kier molecular flexibility index (Phi) is 3.94. The van der Waals surface area contributed by atoms with Crippen LogP contribution in [0.15, 0.2) is 30.5 Å². The van der Waals surface area contributed by atoms with Gasteiger partial charge in [0.05, 0.1) is 12.0 Å². The molecule has 0 unspecified atom stereocenters. The van der Waals surface area contributed by atoms with Crippen LogP contribution in [0.4, 0.5) is 17.3 Å². The molecule has 3 N–H and O–H groups in total. The number of hydrogen-bond acceptors (Lipinski definition) is 7. The molecule has 8 nitrogen and oxygen atoms in total. The van der Waals surface area contributed by atoms with Crippen molar-refractivity contribution < 1.29 is 9.66 Å². The van der Waals surface area contributed by atoms with E-state index in [0.717, 1.165) is 5.56 Å². The lowest BCUT2D eigenvalue weighted by atomic mass is 10.2. The summed E-state index contributed by atoms with van der Waals surface area (Å²) in [5, 5.41) is 13.6. The van der Waals surface area contributed by atoms with Crippen LogP contribution in [0.2, 0.25) is 0 Å². The van der Waals surface area contributed by atoms with Gasteiger partial charge in [0.1, 0.15) is 5.82 Å². The van der Waals surface area contributed by atoms with Gasteiger partial charge in [0, 0.05) is 24.4 Å². The van der Waals surface area contributed by atoms with E-state index in [1.165, 1.54) is 19.2 Å². The summed E-state index contributed by atoms with van der Waals surface area (Å²) < 4.78 is 5.12. The van der Waals surface area contributed by atoms with Gasteiger partial charge in [-0.3, -0.25) is 10.1 Å². The minimum atomic E-state index is -0.573. The van der Waals surface area contributed by atoms with E-state index >= 15 is 0 Å². The summed E-state index contributed by atoms with van der Waals surface area (Å²) in [6.45, 7) is 0.418. The number of pyridine rings is 2. The third-order valence-electron chi connectivity index (χ3n) is 2.60. The Bertz CT molecular complexity index is 632. The number of methoxy groups -OCH3 is 1. The molecule has 0 saturated carbocycles. The summed E-state index contributed by atoms with van der Waals surface area (Å²) in [7, 11) is 1.54. The molecule has 0 spiro atoms. The van der Waals surface area contributed by atoms with Gasteiger partial charge in [0.15, 0.2) is 0 Å². The average molecular weight is 275 g/mol. The number of ether oxygens (including phenoxy) is 1. The van der Waals surface area contributed by atoms with Gasteiger partial charge < -0.3 is 15.8 Å². The minimum absolute atomic E-state index is 0.127. The summed E-state index contributed by atoms with van der Waals surface area (Å²) in [6.07, 6.45) is 1.63. The molecule has 0 aliphatic carbocycles. The van der Waals surface area contributed by atoms with E-state index < -0.39 is 4.92 Å². The van der Waals surface area contributed by atoms with Crippen molar-refractivity contribution in [2.24, 2.45) is 0 Å². The second kappa shape index (κ2) is 5.83. The quantitative estimate of drug-likeness (QED) is 0.628. The molecule has 2 rings (SSSR count). The Balaban J connectivity index is 2.11. The highest BCUT2D eigenvalue weighted by molar-refractivity contribution is 5.57. The summed E-state index contributed by atoms with van der Waals surface area (Å²) in [5.74, 6) is 0.826. The van der Waals surface area contributed by atoms with Crippen LogP contribution in [0.5, 0.6) is 5.88 Å². The van der Waals surface area contributed by atoms with Gasteiger partial charge >= 0.3 is 5.69 Å². The van der Waals surface area contributed by atoms with Crippen LogP contribution in [0, 0.1) is 10.1 Å². The molecule has 0 atom stereocenters. The minimum Gasteiger partial charge on any atom is -0.481 e. The monoisotopic (exact) mass is 275 g/mol. The zero-order chi connectivity index (χ0) is 14.5. The topological polar surface area (TPSA) is 116 Å². The van der Waals surface area contributed by atoms with Crippen molar-refractivity contribution in [2.75, 3.05) is 18.2 Å². The molecule has 8 heteroatoms. The van der Waals surface area contributed by atoms with E-state index in [1.54, 1.807) is 12.3 Å². The molecule has 20 heavy (non-hydrogen) atoms. The fraction of sp³-hybridized carbons (Fsp3) is 0.167. The molecule has 2 heterocycles. The standard InChI is InChI=1S/C12H13N5O3/c1-20-12-8(3-2-6-14-12)7-15-10-5-4-9(17(18)19)11(13)16-10/h2-6H,7H2,1H3,(H3,13,15,16). The van der Waals surface area contributed by atoms with Crippen LogP contribution < -0.4 is 15.8 Å². The number of nitrogen functional groups attached to an aromatic ring is 1. The lowest BCUT2D eigenvalue weighted by Crippen LogP contribution is -2.06. The maximum Gasteiger partial charge on any atom is 0.311 e. The molecule has 0 saturated heterocycles. The lowest BCUT2D eigenvalue weighted by Gasteiger charge is -2.09. The van der Waals surface area contributed by atoms with Gasteiger partial charge in [-0.1, -0.05) is 6.07 Å². The van der Waals surface area contributed by atoms with E-state index in [0.29, 0.717) is 18.2 Å². The number of hydrogen-bond donors (Lipinski definition) is 2. The normalized spacial score (nSPS) is 10.1. The van der Waals surface area contributed by atoms with Crippen molar-refractivity contribution in [3.63, 3.8) is 0 Å². The molecule has 0 bridgehead atoms. The Hall–Kier alpha value is -2.90. The van der Waals surface area contributed by atoms with Crippen molar-refractivity contribution >= 4 is 17.3 Å².